The summed E-state index contributed by atoms with van der Waals surface area (Å²) >= 11 is 0. The van der Waals surface area contributed by atoms with Gasteiger partial charge in [-0.3, -0.25) is 0 Å². The number of hydrogen-bond donors (Lipinski definition) is 4. The predicted molar refractivity (Wildman–Crippen MR) is 85.6 cm³/mol. The molecule has 20 heavy (non-hydrogen) atoms. The van der Waals surface area contributed by atoms with Gasteiger partial charge in [0, 0.05) is 11.1 Å². The van der Waals surface area contributed by atoms with Crippen LogP contribution < -0.4 is 11.1 Å². The van der Waals surface area contributed by atoms with Crippen LogP contribution in [0.5, 0.6) is 0 Å². The summed E-state index contributed by atoms with van der Waals surface area (Å²) in [5.74, 6) is 0. The molecule has 0 aromatic rings. The second-order valence-electron chi connectivity index (χ2n) is 6.94. The summed E-state index contributed by atoms with van der Waals surface area (Å²) in [6, 6.07) is 0. The molecule has 0 bridgehead atoms. The highest BCUT2D eigenvalue weighted by Crippen LogP contribution is 2.40. The first kappa shape index (κ1) is 18.0. The van der Waals surface area contributed by atoms with E-state index < -0.39 is 7.12 Å². The van der Waals surface area contributed by atoms with Crippen molar-refractivity contribution >= 4 is 7.12 Å². The zero-order chi connectivity index (χ0) is 15.1. The highest BCUT2D eigenvalue weighted by atomic mass is 16.4. The molecule has 1 unspecified atom stereocenters. The van der Waals surface area contributed by atoms with Crippen molar-refractivity contribution in [3.05, 3.63) is 0 Å². The zero-order valence-corrected chi connectivity index (χ0v) is 13.3. The van der Waals surface area contributed by atoms with E-state index in [1.54, 1.807) is 0 Å². The van der Waals surface area contributed by atoms with E-state index in [0.29, 0.717) is 11.9 Å². The minimum atomic E-state index is -1.17. The molecule has 0 spiro atoms. The summed E-state index contributed by atoms with van der Waals surface area (Å²) in [7, 11) is -1.17. The smallest absolute Gasteiger partial charge is 0.427 e. The van der Waals surface area contributed by atoms with Crippen molar-refractivity contribution in [1.29, 1.82) is 0 Å². The molecular formula is C15H33BN2O2. The van der Waals surface area contributed by atoms with Crippen molar-refractivity contribution in [1.82, 2.24) is 5.32 Å². The molecule has 0 heterocycles. The average Bonchev–Trinajstić information content (AvgIpc) is 3.12. The molecule has 1 fully saturated rings. The van der Waals surface area contributed by atoms with Gasteiger partial charge in [-0.25, -0.2) is 0 Å². The van der Waals surface area contributed by atoms with Gasteiger partial charge in [0.2, 0.25) is 0 Å². The van der Waals surface area contributed by atoms with Crippen LogP contribution in [0.3, 0.4) is 0 Å². The van der Waals surface area contributed by atoms with Gasteiger partial charge in [0.25, 0.3) is 0 Å². The van der Waals surface area contributed by atoms with E-state index in [0.717, 1.165) is 32.2 Å². The molecule has 1 rings (SSSR count). The van der Waals surface area contributed by atoms with Crippen LogP contribution in [0.2, 0.25) is 6.32 Å². The third kappa shape index (κ3) is 7.62. The second-order valence-corrected chi connectivity index (χ2v) is 6.94. The molecule has 0 amide bonds. The van der Waals surface area contributed by atoms with E-state index in [2.05, 4.69) is 19.2 Å². The van der Waals surface area contributed by atoms with Gasteiger partial charge in [0.15, 0.2) is 0 Å². The molecule has 0 saturated heterocycles. The maximum absolute atomic E-state index is 8.80. The van der Waals surface area contributed by atoms with Crippen molar-refractivity contribution in [3.63, 3.8) is 0 Å². The summed E-state index contributed by atoms with van der Waals surface area (Å²) in [4.78, 5) is 0. The molecule has 4 nitrogen and oxygen atoms in total. The summed E-state index contributed by atoms with van der Waals surface area (Å²) in [5, 5.41) is 21.3. The monoisotopic (exact) mass is 284 g/mol. The Labute approximate surface area is 124 Å². The fourth-order valence-corrected chi connectivity index (χ4v) is 2.78. The van der Waals surface area contributed by atoms with E-state index in [9.17, 15) is 0 Å². The van der Waals surface area contributed by atoms with Crippen molar-refractivity contribution < 1.29 is 10.0 Å². The van der Waals surface area contributed by atoms with Crippen LogP contribution in [-0.2, 0) is 0 Å². The van der Waals surface area contributed by atoms with Crippen molar-refractivity contribution in [2.45, 2.75) is 89.0 Å². The molecule has 0 aromatic carbocycles. The third-order valence-electron chi connectivity index (χ3n) is 4.52. The maximum Gasteiger partial charge on any atom is 0.451 e. The van der Waals surface area contributed by atoms with Crippen LogP contribution >= 0.6 is 0 Å². The Morgan fingerprint density at radius 2 is 1.90 bits per heavy atom. The van der Waals surface area contributed by atoms with Crippen LogP contribution in [0.1, 0.15) is 71.6 Å². The molecule has 5 N–H and O–H groups in total. The summed E-state index contributed by atoms with van der Waals surface area (Å²) in [5.41, 5.74) is 6.61. The first-order valence-electron chi connectivity index (χ1n) is 8.29. The molecule has 1 saturated carbocycles. The number of nitrogens with two attached hydrogens (primary N) is 1. The molecule has 0 aromatic heterocycles. The Hall–Kier alpha value is -0.0951. The van der Waals surface area contributed by atoms with E-state index >= 15 is 0 Å². The Morgan fingerprint density at radius 3 is 2.45 bits per heavy atom. The third-order valence-corrected chi connectivity index (χ3v) is 4.52. The highest BCUT2D eigenvalue weighted by molar-refractivity contribution is 6.40. The topological polar surface area (TPSA) is 78.5 Å². The van der Waals surface area contributed by atoms with E-state index in [1.165, 1.54) is 32.1 Å². The van der Waals surface area contributed by atoms with Crippen LogP contribution in [0, 0.1) is 0 Å². The van der Waals surface area contributed by atoms with Crippen LogP contribution in [0.4, 0.5) is 0 Å². The fraction of sp³-hybridized carbons (Fsp3) is 1.00. The first-order valence-corrected chi connectivity index (χ1v) is 8.29. The van der Waals surface area contributed by atoms with Gasteiger partial charge in [0.1, 0.15) is 0 Å². The quantitative estimate of drug-likeness (QED) is 0.327. The van der Waals surface area contributed by atoms with E-state index in [1.807, 2.05) is 0 Å². The Kier molecular flexibility index (Phi) is 7.52. The summed E-state index contributed by atoms with van der Waals surface area (Å²) in [6.07, 6.45) is 10.7. The number of hydrogen-bond acceptors (Lipinski definition) is 4. The van der Waals surface area contributed by atoms with Crippen LogP contribution in [0.15, 0.2) is 0 Å². The summed E-state index contributed by atoms with van der Waals surface area (Å²) < 4.78 is 0. The lowest BCUT2D eigenvalue weighted by Gasteiger charge is -2.26. The van der Waals surface area contributed by atoms with Crippen LogP contribution in [0.25, 0.3) is 0 Å². The lowest BCUT2D eigenvalue weighted by atomic mass is 9.82. The number of unbranched alkanes of at least 4 members (excludes halogenated alkanes) is 2. The predicted octanol–water partition coefficient (Wildman–Crippen LogP) is 2.05. The Morgan fingerprint density at radius 1 is 1.20 bits per heavy atom. The molecule has 1 atom stereocenters. The van der Waals surface area contributed by atoms with Crippen molar-refractivity contribution in [2.24, 2.45) is 5.73 Å². The maximum atomic E-state index is 8.80. The summed E-state index contributed by atoms with van der Waals surface area (Å²) in [6.45, 7) is 5.35. The first-order chi connectivity index (χ1) is 9.39. The number of nitrogens with one attached hydrogen (secondary N) is 1. The highest BCUT2D eigenvalue weighted by Gasteiger charge is 2.41. The largest absolute Gasteiger partial charge is 0.451 e. The molecule has 0 radical (unpaired) electrons. The molecular weight excluding hydrogens is 251 g/mol. The van der Waals surface area contributed by atoms with E-state index in [-0.39, 0.29) is 5.54 Å². The minimum Gasteiger partial charge on any atom is -0.427 e. The molecule has 5 heteroatoms. The van der Waals surface area contributed by atoms with Gasteiger partial charge in [0.05, 0.1) is 0 Å². The lowest BCUT2D eigenvalue weighted by Crippen LogP contribution is -2.42. The zero-order valence-electron chi connectivity index (χ0n) is 13.3. The van der Waals surface area contributed by atoms with Crippen LogP contribution in [-0.4, -0.2) is 34.8 Å². The van der Waals surface area contributed by atoms with Gasteiger partial charge in [-0.2, -0.15) is 0 Å². The standard InChI is InChI=1S/C15H33BN2O2/c1-3-4-8-15(9-10-15)18-13-11-14(2,17)7-5-6-12-16(19)20/h18-20H,3-13,17H2,1-2H3. The van der Waals surface area contributed by atoms with Gasteiger partial charge in [-0.15, -0.1) is 0 Å². The SMILES string of the molecule is CCCCC1(NCCC(C)(N)CCCCB(O)O)CC1. The van der Waals surface area contributed by atoms with Gasteiger partial charge in [-0.1, -0.05) is 32.6 Å². The molecule has 1 aliphatic rings. The second kappa shape index (κ2) is 8.37. The molecule has 118 valence electrons. The van der Waals surface area contributed by atoms with Gasteiger partial charge >= 0.3 is 7.12 Å². The lowest BCUT2D eigenvalue weighted by molar-refractivity contribution is 0.349. The van der Waals surface area contributed by atoms with E-state index in [4.69, 9.17) is 15.8 Å². The Bertz CT molecular complexity index is 269. The number of rotatable bonds is 12. The minimum absolute atomic E-state index is 0.145. The average molecular weight is 284 g/mol. The normalized spacial score (nSPS) is 19.6. The van der Waals surface area contributed by atoms with Crippen molar-refractivity contribution in [3.8, 4) is 0 Å². The van der Waals surface area contributed by atoms with Gasteiger partial charge < -0.3 is 21.1 Å². The van der Waals surface area contributed by atoms with Gasteiger partial charge in [-0.05, 0) is 51.9 Å². The molecule has 1 aliphatic carbocycles. The fourth-order valence-electron chi connectivity index (χ4n) is 2.78. The molecule has 0 aliphatic heterocycles. The Balaban J connectivity index is 2.10. The van der Waals surface area contributed by atoms with Crippen molar-refractivity contribution in [2.75, 3.05) is 6.54 Å².